The van der Waals surface area contributed by atoms with Crippen molar-refractivity contribution in [3.05, 3.63) is 62.5 Å². The predicted molar refractivity (Wildman–Crippen MR) is 117 cm³/mol. The number of aryl methyl sites for hydroxylation is 2. The van der Waals surface area contributed by atoms with E-state index in [4.69, 9.17) is 11.6 Å². The Morgan fingerprint density at radius 3 is 2.60 bits per heavy atom. The highest BCUT2D eigenvalue weighted by molar-refractivity contribution is 6.29. The molecule has 154 valence electrons. The molecule has 0 saturated carbocycles. The van der Waals surface area contributed by atoms with E-state index in [9.17, 15) is 15.2 Å². The van der Waals surface area contributed by atoms with Crippen LogP contribution in [0, 0.1) is 18.3 Å². The maximum atomic E-state index is 12.7. The number of hydrogen-bond donors (Lipinski definition) is 1. The molecule has 1 fully saturated rings. The Labute approximate surface area is 179 Å². The molecule has 30 heavy (non-hydrogen) atoms. The Balaban J connectivity index is 1.62. The molecule has 8 heteroatoms. The number of benzene rings is 1. The fraction of sp³-hybridized carbons (Fsp3) is 0.318. The van der Waals surface area contributed by atoms with E-state index in [1.807, 2.05) is 19.1 Å². The Morgan fingerprint density at radius 1 is 1.20 bits per heavy atom. The molecule has 3 heterocycles. The molecule has 1 saturated heterocycles. The molecule has 1 aliphatic heterocycles. The second-order valence-electron chi connectivity index (χ2n) is 7.59. The molecular formula is C22H22ClN5O2. The van der Waals surface area contributed by atoms with Crippen LogP contribution in [0.3, 0.4) is 0 Å². The van der Waals surface area contributed by atoms with Crippen molar-refractivity contribution in [3.63, 3.8) is 0 Å². The molecule has 2 aromatic heterocycles. The smallest absolute Gasteiger partial charge is 0.270 e. The van der Waals surface area contributed by atoms with Crippen molar-refractivity contribution in [2.24, 2.45) is 7.05 Å². The number of anilines is 1. The van der Waals surface area contributed by atoms with Crippen LogP contribution >= 0.6 is 11.6 Å². The highest BCUT2D eigenvalue weighted by atomic mass is 35.5. The van der Waals surface area contributed by atoms with Gasteiger partial charge in [0, 0.05) is 39.8 Å². The maximum Gasteiger partial charge on any atom is 0.270 e. The van der Waals surface area contributed by atoms with Crippen LogP contribution in [0.4, 0.5) is 5.69 Å². The Kier molecular flexibility index (Phi) is 5.37. The van der Waals surface area contributed by atoms with E-state index < -0.39 is 0 Å². The summed E-state index contributed by atoms with van der Waals surface area (Å²) in [5, 5.41) is 20.0. The third-order valence-corrected chi connectivity index (χ3v) is 5.87. The van der Waals surface area contributed by atoms with E-state index in [-0.39, 0.29) is 11.1 Å². The second kappa shape index (κ2) is 7.98. The van der Waals surface area contributed by atoms with Gasteiger partial charge in [-0.2, -0.15) is 5.26 Å². The summed E-state index contributed by atoms with van der Waals surface area (Å²) in [6.07, 6.45) is 0. The fourth-order valence-electron chi connectivity index (χ4n) is 3.92. The molecule has 4 rings (SSSR count). The number of nitriles is 1. The number of nitrogens with zero attached hydrogens (tertiary/aromatic N) is 5. The number of aromatic nitrogens is 2. The summed E-state index contributed by atoms with van der Waals surface area (Å²) in [6.45, 7) is 5.44. The molecule has 1 aliphatic rings. The highest BCUT2D eigenvalue weighted by Crippen LogP contribution is 2.29. The summed E-state index contributed by atoms with van der Waals surface area (Å²) in [4.78, 5) is 21.5. The third-order valence-electron chi connectivity index (χ3n) is 5.66. The highest BCUT2D eigenvalue weighted by Gasteiger charge is 2.25. The number of phenolic OH excluding ortho intramolecular Hbond substituents is 1. The first-order chi connectivity index (χ1) is 14.4. The minimum absolute atomic E-state index is 0.0941. The predicted octanol–water partition coefficient (Wildman–Crippen LogP) is 2.79. The lowest BCUT2D eigenvalue weighted by molar-refractivity contribution is 0.249. The van der Waals surface area contributed by atoms with Gasteiger partial charge in [0.1, 0.15) is 28.1 Å². The van der Waals surface area contributed by atoms with Crippen molar-refractivity contribution >= 4 is 28.3 Å². The van der Waals surface area contributed by atoms with Crippen molar-refractivity contribution in [2.75, 3.05) is 31.1 Å². The largest absolute Gasteiger partial charge is 0.508 e. The van der Waals surface area contributed by atoms with Crippen LogP contribution in [0.5, 0.6) is 5.75 Å². The van der Waals surface area contributed by atoms with Gasteiger partial charge in [0.15, 0.2) is 0 Å². The number of phenols is 1. The van der Waals surface area contributed by atoms with Crippen molar-refractivity contribution in [1.82, 2.24) is 14.5 Å². The van der Waals surface area contributed by atoms with E-state index in [1.54, 1.807) is 25.2 Å². The molecule has 3 aromatic rings. The van der Waals surface area contributed by atoms with Crippen LogP contribution in [0.15, 0.2) is 35.1 Å². The minimum Gasteiger partial charge on any atom is -0.508 e. The van der Waals surface area contributed by atoms with Crippen LogP contribution in [0.1, 0.15) is 16.7 Å². The van der Waals surface area contributed by atoms with Gasteiger partial charge in [0.05, 0.1) is 11.2 Å². The maximum absolute atomic E-state index is 12.7. The molecule has 0 amide bonds. The zero-order valence-corrected chi connectivity index (χ0v) is 17.6. The number of pyridine rings is 2. The molecule has 1 aromatic carbocycles. The van der Waals surface area contributed by atoms with Crippen LogP contribution in [-0.2, 0) is 13.6 Å². The third kappa shape index (κ3) is 3.60. The minimum atomic E-state index is -0.332. The van der Waals surface area contributed by atoms with E-state index >= 15 is 0 Å². The standard InChI is InChI=1S/C22H22ClN5O2/c1-14-3-4-15(11-18(14)29)13-27-7-9-28(10-8-27)21-16(12-24)22(30)26(2)17-5-6-19(23)25-20(17)21/h3-6,11,29H,7-10,13H2,1-2H3. The molecule has 0 radical (unpaired) electrons. The SMILES string of the molecule is Cc1ccc(CN2CCN(c3c(C#N)c(=O)n(C)c4ccc(Cl)nc34)CC2)cc1O. The van der Waals surface area contributed by atoms with Gasteiger partial charge in [-0.3, -0.25) is 9.69 Å². The Bertz CT molecular complexity index is 1220. The van der Waals surface area contributed by atoms with Gasteiger partial charge < -0.3 is 14.6 Å². The van der Waals surface area contributed by atoms with Gasteiger partial charge >= 0.3 is 0 Å². The van der Waals surface area contributed by atoms with E-state index in [0.717, 1.165) is 30.8 Å². The first-order valence-electron chi connectivity index (χ1n) is 9.74. The quantitative estimate of drug-likeness (QED) is 0.652. The van der Waals surface area contributed by atoms with Crippen molar-refractivity contribution in [2.45, 2.75) is 13.5 Å². The van der Waals surface area contributed by atoms with Crippen molar-refractivity contribution in [1.29, 1.82) is 5.26 Å². The van der Waals surface area contributed by atoms with Gasteiger partial charge in [-0.05, 0) is 36.2 Å². The van der Waals surface area contributed by atoms with Crippen LogP contribution in [0.2, 0.25) is 5.15 Å². The van der Waals surface area contributed by atoms with Crippen LogP contribution in [0.25, 0.3) is 11.0 Å². The fourth-order valence-corrected chi connectivity index (χ4v) is 4.07. The lowest BCUT2D eigenvalue weighted by Gasteiger charge is -2.36. The first kappa shape index (κ1) is 20.2. The second-order valence-corrected chi connectivity index (χ2v) is 7.97. The topological polar surface area (TPSA) is 85.4 Å². The van der Waals surface area contributed by atoms with Gasteiger partial charge in [0.25, 0.3) is 5.56 Å². The monoisotopic (exact) mass is 423 g/mol. The van der Waals surface area contributed by atoms with E-state index in [1.165, 1.54) is 4.57 Å². The number of halogens is 1. The lowest BCUT2D eigenvalue weighted by atomic mass is 10.1. The molecule has 0 aliphatic carbocycles. The van der Waals surface area contributed by atoms with Crippen molar-refractivity contribution in [3.8, 4) is 11.8 Å². The summed E-state index contributed by atoms with van der Waals surface area (Å²) < 4.78 is 1.45. The molecule has 0 spiro atoms. The van der Waals surface area contributed by atoms with Gasteiger partial charge in [-0.1, -0.05) is 23.7 Å². The normalized spacial score (nSPS) is 14.8. The summed E-state index contributed by atoms with van der Waals surface area (Å²) in [5.74, 6) is 0.305. The summed E-state index contributed by atoms with van der Waals surface area (Å²) in [7, 11) is 1.64. The number of piperazine rings is 1. The lowest BCUT2D eigenvalue weighted by Crippen LogP contribution is -2.47. The van der Waals surface area contributed by atoms with E-state index in [0.29, 0.717) is 40.7 Å². The zero-order valence-electron chi connectivity index (χ0n) is 16.9. The average Bonchev–Trinajstić information content (AvgIpc) is 2.74. The summed E-state index contributed by atoms with van der Waals surface area (Å²) in [6, 6.07) is 11.2. The first-order valence-corrected chi connectivity index (χ1v) is 10.1. The molecule has 7 nitrogen and oxygen atoms in total. The van der Waals surface area contributed by atoms with E-state index in [2.05, 4.69) is 20.9 Å². The summed E-state index contributed by atoms with van der Waals surface area (Å²) >= 11 is 6.13. The number of aromatic hydroxyl groups is 1. The zero-order chi connectivity index (χ0) is 21.4. The Morgan fingerprint density at radius 2 is 1.93 bits per heavy atom. The summed E-state index contributed by atoms with van der Waals surface area (Å²) in [5.41, 5.74) is 3.45. The number of rotatable bonds is 3. The van der Waals surface area contributed by atoms with Crippen LogP contribution < -0.4 is 10.5 Å². The van der Waals surface area contributed by atoms with Crippen molar-refractivity contribution < 1.29 is 5.11 Å². The number of fused-ring (bicyclic) bond motifs is 1. The molecule has 1 N–H and O–H groups in total. The average molecular weight is 424 g/mol. The van der Waals surface area contributed by atoms with Gasteiger partial charge in [-0.25, -0.2) is 4.98 Å². The molecule has 0 unspecified atom stereocenters. The van der Waals surface area contributed by atoms with Crippen LogP contribution in [-0.4, -0.2) is 45.7 Å². The van der Waals surface area contributed by atoms with Gasteiger partial charge in [0.2, 0.25) is 0 Å². The molecule has 0 bridgehead atoms. The molecular weight excluding hydrogens is 402 g/mol. The van der Waals surface area contributed by atoms with Gasteiger partial charge in [-0.15, -0.1) is 0 Å². The molecule has 0 atom stereocenters. The Hall–Kier alpha value is -3.08. The number of hydrogen-bond acceptors (Lipinski definition) is 6.